The van der Waals surface area contributed by atoms with Crippen molar-refractivity contribution in [3.63, 3.8) is 0 Å². The number of hydrogen-bond donors (Lipinski definition) is 5. The predicted molar refractivity (Wildman–Crippen MR) is 146 cm³/mol. The molecule has 1 atom stereocenters. The molecule has 0 bridgehead atoms. The molecule has 15 heteroatoms. The number of aromatic nitrogens is 3. The molecule has 1 aliphatic rings. The van der Waals surface area contributed by atoms with Crippen LogP contribution in [-0.4, -0.2) is 96.9 Å². The van der Waals surface area contributed by atoms with Gasteiger partial charge in [0.2, 0.25) is 5.95 Å². The van der Waals surface area contributed by atoms with E-state index in [4.69, 9.17) is 26.2 Å². The maximum absolute atomic E-state index is 9.55. The Morgan fingerprint density at radius 1 is 0.825 bits per heavy atom. The average molecular weight is 573 g/mol. The number of benzene rings is 1. The highest BCUT2D eigenvalue weighted by atomic mass is 32.1. The largest absolute Gasteiger partial charge is 0.478 e. The fourth-order valence-electron chi connectivity index (χ4n) is 3.28. The second-order valence-corrected chi connectivity index (χ2v) is 9.04. The number of aliphatic carboxylic acids is 4. The van der Waals surface area contributed by atoms with Crippen molar-refractivity contribution in [2.45, 2.75) is 6.04 Å². The van der Waals surface area contributed by atoms with Crippen LogP contribution in [0.2, 0.25) is 0 Å². The van der Waals surface area contributed by atoms with Crippen LogP contribution in [0.25, 0.3) is 10.2 Å². The van der Waals surface area contributed by atoms with E-state index in [-0.39, 0.29) is 6.04 Å². The molecule has 6 N–H and O–H groups in total. The van der Waals surface area contributed by atoms with Gasteiger partial charge >= 0.3 is 23.9 Å². The zero-order valence-electron chi connectivity index (χ0n) is 21.1. The van der Waals surface area contributed by atoms with Gasteiger partial charge in [0.05, 0.1) is 16.3 Å². The number of nitrogens with zero attached hydrogens (tertiary/aromatic N) is 5. The van der Waals surface area contributed by atoms with Crippen molar-refractivity contribution >= 4 is 51.4 Å². The van der Waals surface area contributed by atoms with Gasteiger partial charge in [-0.25, -0.2) is 34.1 Å². The van der Waals surface area contributed by atoms with Gasteiger partial charge in [0, 0.05) is 69.4 Å². The lowest BCUT2D eigenvalue weighted by Gasteiger charge is -2.35. The highest BCUT2D eigenvalue weighted by molar-refractivity contribution is 7.18. The summed E-state index contributed by atoms with van der Waals surface area (Å²) in [4.78, 5) is 56.2. The number of thiazole rings is 1. The van der Waals surface area contributed by atoms with Gasteiger partial charge in [0.25, 0.3) is 0 Å². The highest BCUT2D eigenvalue weighted by Gasteiger charge is 2.22. The molecule has 14 nitrogen and oxygen atoms in total. The number of fused-ring (bicyclic) bond motifs is 1. The maximum Gasteiger partial charge on any atom is 0.328 e. The van der Waals surface area contributed by atoms with Gasteiger partial charge < -0.3 is 31.1 Å². The van der Waals surface area contributed by atoms with Crippen molar-refractivity contribution in [1.82, 2.24) is 19.9 Å². The van der Waals surface area contributed by atoms with Crippen molar-refractivity contribution in [3.05, 3.63) is 72.0 Å². The summed E-state index contributed by atoms with van der Waals surface area (Å²) >= 11 is 1.70. The molecule has 1 saturated heterocycles. The Balaban J connectivity index is 0.000000290. The first kappa shape index (κ1) is 31.5. The highest BCUT2D eigenvalue weighted by Crippen LogP contribution is 2.26. The van der Waals surface area contributed by atoms with E-state index in [1.165, 1.54) is 4.70 Å². The fraction of sp³-hybridized carbons (Fsp3) is 0.240. The summed E-state index contributed by atoms with van der Waals surface area (Å²) in [6.45, 7) is 4.63. The molecule has 3 heterocycles. The molecule has 1 aliphatic heterocycles. The van der Waals surface area contributed by atoms with Gasteiger partial charge in [0.1, 0.15) is 5.01 Å². The number of para-hydroxylation sites is 1. The van der Waals surface area contributed by atoms with E-state index in [0.717, 1.165) is 49.2 Å². The van der Waals surface area contributed by atoms with Gasteiger partial charge in [-0.2, -0.15) is 0 Å². The van der Waals surface area contributed by atoms with Gasteiger partial charge in [0.15, 0.2) is 0 Å². The van der Waals surface area contributed by atoms with E-state index >= 15 is 0 Å². The Kier molecular flexibility index (Phi) is 12.8. The van der Waals surface area contributed by atoms with Gasteiger partial charge in [-0.1, -0.05) is 12.1 Å². The van der Waals surface area contributed by atoms with Crippen molar-refractivity contribution in [3.8, 4) is 0 Å². The zero-order chi connectivity index (χ0) is 29.5. The van der Waals surface area contributed by atoms with Gasteiger partial charge in [-0.3, -0.25) is 4.90 Å². The summed E-state index contributed by atoms with van der Waals surface area (Å²) in [6, 6.07) is 10.0. The third-order valence-electron chi connectivity index (χ3n) is 5.03. The molecule has 0 spiro atoms. The standard InChI is InChI=1S/C17H20N6S.2C4H4O4/c18-13(16-21-14-4-1-2-5-15(14)24-16)12-22-8-10-23(11-9-22)17-19-6-3-7-20-17;2*5-3(6)1-2-4(7)8/h1-7,13H,8-12,18H2;2*1-2H,(H,5,6)(H,7,8)/b;2*2-1+. The van der Waals surface area contributed by atoms with Gasteiger partial charge in [-0.05, 0) is 18.2 Å². The number of rotatable bonds is 8. The van der Waals surface area contributed by atoms with E-state index < -0.39 is 23.9 Å². The van der Waals surface area contributed by atoms with Crippen LogP contribution in [0, 0.1) is 0 Å². The van der Waals surface area contributed by atoms with Crippen LogP contribution in [0.4, 0.5) is 5.95 Å². The topological polar surface area (TPSA) is 220 Å². The second kappa shape index (κ2) is 16.3. The quantitative estimate of drug-likeness (QED) is 0.240. The van der Waals surface area contributed by atoms with Crippen molar-refractivity contribution in [2.75, 3.05) is 37.6 Å². The molecule has 0 saturated carbocycles. The molecule has 2 aromatic heterocycles. The molecule has 1 aromatic carbocycles. The SMILES string of the molecule is NC(CN1CCN(c2ncccn2)CC1)c1nc2ccccc2s1.O=C(O)/C=C/C(=O)O.O=C(O)/C=C/C(=O)O. The molecular formula is C25H28N6O8S. The molecule has 40 heavy (non-hydrogen) atoms. The van der Waals surface area contributed by atoms with E-state index in [0.29, 0.717) is 24.3 Å². The summed E-state index contributed by atoms with van der Waals surface area (Å²) in [5.74, 6) is -4.22. The molecule has 3 aromatic rings. The molecule has 0 amide bonds. The van der Waals surface area contributed by atoms with Crippen LogP contribution in [0.1, 0.15) is 11.0 Å². The Morgan fingerprint density at radius 2 is 1.32 bits per heavy atom. The van der Waals surface area contributed by atoms with Crippen molar-refractivity contribution in [1.29, 1.82) is 0 Å². The zero-order valence-corrected chi connectivity index (χ0v) is 21.9. The first-order chi connectivity index (χ1) is 19.0. The Bertz CT molecular complexity index is 1240. The Hall–Kier alpha value is -4.73. The summed E-state index contributed by atoms with van der Waals surface area (Å²) in [5, 5.41) is 32.3. The fourth-order valence-corrected chi connectivity index (χ4v) is 4.24. The molecule has 1 fully saturated rings. The summed E-state index contributed by atoms with van der Waals surface area (Å²) in [7, 11) is 0. The van der Waals surface area contributed by atoms with Crippen LogP contribution in [-0.2, 0) is 19.2 Å². The summed E-state index contributed by atoms with van der Waals surface area (Å²) in [5.41, 5.74) is 7.44. The lowest BCUT2D eigenvalue weighted by atomic mass is 10.2. The third kappa shape index (κ3) is 11.8. The first-order valence-corrected chi connectivity index (χ1v) is 12.5. The Morgan fingerprint density at radius 3 is 1.80 bits per heavy atom. The lowest BCUT2D eigenvalue weighted by molar-refractivity contribution is -0.134. The lowest BCUT2D eigenvalue weighted by Crippen LogP contribution is -2.48. The minimum absolute atomic E-state index is 0.0399. The Labute approximate surface area is 232 Å². The number of nitrogens with two attached hydrogens (primary N) is 1. The van der Waals surface area contributed by atoms with E-state index in [1.807, 2.05) is 24.3 Å². The van der Waals surface area contributed by atoms with Crippen LogP contribution in [0.15, 0.2) is 67.0 Å². The van der Waals surface area contributed by atoms with Crippen LogP contribution < -0.4 is 10.6 Å². The average Bonchev–Trinajstić information content (AvgIpc) is 3.37. The minimum Gasteiger partial charge on any atom is -0.478 e. The van der Waals surface area contributed by atoms with Crippen molar-refractivity contribution in [2.24, 2.45) is 5.73 Å². The van der Waals surface area contributed by atoms with Crippen LogP contribution in [0.3, 0.4) is 0 Å². The number of piperazine rings is 1. The maximum atomic E-state index is 9.55. The van der Waals surface area contributed by atoms with E-state index in [9.17, 15) is 19.2 Å². The normalized spacial score (nSPS) is 14.2. The molecule has 0 aliphatic carbocycles. The van der Waals surface area contributed by atoms with E-state index in [1.54, 1.807) is 23.7 Å². The molecule has 0 radical (unpaired) electrons. The third-order valence-corrected chi connectivity index (χ3v) is 6.20. The van der Waals surface area contributed by atoms with Crippen LogP contribution >= 0.6 is 11.3 Å². The molecule has 212 valence electrons. The minimum atomic E-state index is -1.26. The number of carboxylic acids is 4. The summed E-state index contributed by atoms with van der Waals surface area (Å²) in [6.07, 6.45) is 5.81. The first-order valence-electron chi connectivity index (χ1n) is 11.7. The number of hydrogen-bond acceptors (Lipinski definition) is 11. The van der Waals surface area contributed by atoms with Crippen LogP contribution in [0.5, 0.6) is 0 Å². The second-order valence-electron chi connectivity index (χ2n) is 7.98. The van der Waals surface area contributed by atoms with Gasteiger partial charge in [-0.15, -0.1) is 11.3 Å². The number of carboxylic acid groups (broad SMARTS) is 4. The summed E-state index contributed by atoms with van der Waals surface area (Å²) < 4.78 is 1.20. The molecule has 4 rings (SSSR count). The van der Waals surface area contributed by atoms with E-state index in [2.05, 4.69) is 30.8 Å². The monoisotopic (exact) mass is 572 g/mol. The van der Waals surface area contributed by atoms with Crippen molar-refractivity contribution < 1.29 is 39.6 Å². The number of anilines is 1. The smallest absolute Gasteiger partial charge is 0.328 e. The predicted octanol–water partition coefficient (Wildman–Crippen LogP) is 1.33. The molecular weight excluding hydrogens is 544 g/mol. The number of carbonyl (C=O) groups is 4. The molecule has 1 unspecified atom stereocenters.